The standard InChI is InChI=1S/C22H25FN4O3/c23-18-3-7-20(8-4-18)25-9-11-26(12-10-25)21(28)17-1-5-19(6-2-17)24-22(29)27-13-15-30-16-14-27/h1-8H,9-16H2,(H,24,29). The van der Waals surface area contributed by atoms with Crippen LogP contribution in [-0.2, 0) is 4.74 Å². The molecule has 30 heavy (non-hydrogen) atoms. The van der Waals surface area contributed by atoms with E-state index in [1.54, 1.807) is 41.3 Å². The smallest absolute Gasteiger partial charge is 0.321 e. The molecule has 7 nitrogen and oxygen atoms in total. The molecule has 2 aromatic carbocycles. The summed E-state index contributed by atoms with van der Waals surface area (Å²) in [5, 5.41) is 2.86. The molecule has 0 aliphatic carbocycles. The molecule has 2 heterocycles. The van der Waals surface area contributed by atoms with Gasteiger partial charge in [-0.15, -0.1) is 0 Å². The van der Waals surface area contributed by atoms with E-state index in [0.29, 0.717) is 63.7 Å². The van der Waals surface area contributed by atoms with Crippen molar-refractivity contribution in [3.63, 3.8) is 0 Å². The van der Waals surface area contributed by atoms with Crippen molar-refractivity contribution in [1.29, 1.82) is 0 Å². The molecule has 0 aromatic heterocycles. The molecule has 158 valence electrons. The van der Waals surface area contributed by atoms with Gasteiger partial charge in [-0.3, -0.25) is 4.79 Å². The summed E-state index contributed by atoms with van der Waals surface area (Å²) in [6, 6.07) is 13.2. The first-order valence-corrected chi connectivity index (χ1v) is 10.1. The average Bonchev–Trinajstić information content (AvgIpc) is 2.80. The van der Waals surface area contributed by atoms with Gasteiger partial charge in [0.15, 0.2) is 0 Å². The number of rotatable bonds is 3. The lowest BCUT2D eigenvalue weighted by molar-refractivity contribution is 0.0564. The van der Waals surface area contributed by atoms with Crippen molar-refractivity contribution in [2.45, 2.75) is 0 Å². The van der Waals surface area contributed by atoms with Crippen LogP contribution in [0.3, 0.4) is 0 Å². The Labute approximate surface area is 175 Å². The molecule has 0 spiro atoms. The van der Waals surface area contributed by atoms with Gasteiger partial charge in [-0.2, -0.15) is 0 Å². The fourth-order valence-corrected chi connectivity index (χ4v) is 3.67. The summed E-state index contributed by atoms with van der Waals surface area (Å²) in [6.45, 7) is 4.86. The van der Waals surface area contributed by atoms with E-state index < -0.39 is 0 Å². The molecule has 8 heteroatoms. The number of anilines is 2. The molecule has 0 atom stereocenters. The molecular weight excluding hydrogens is 387 g/mol. The molecular formula is C22H25FN4O3. The zero-order valence-corrected chi connectivity index (χ0v) is 16.7. The van der Waals surface area contributed by atoms with Gasteiger partial charge in [-0.1, -0.05) is 0 Å². The van der Waals surface area contributed by atoms with Crippen LogP contribution in [0.2, 0.25) is 0 Å². The molecule has 0 saturated carbocycles. The van der Waals surface area contributed by atoms with Crippen molar-refractivity contribution in [1.82, 2.24) is 9.80 Å². The first-order chi connectivity index (χ1) is 14.6. The molecule has 2 fully saturated rings. The second kappa shape index (κ2) is 9.13. The number of halogens is 1. The number of hydrogen-bond acceptors (Lipinski definition) is 4. The Morgan fingerprint density at radius 1 is 0.800 bits per heavy atom. The molecule has 3 amide bonds. The summed E-state index contributed by atoms with van der Waals surface area (Å²) >= 11 is 0. The van der Waals surface area contributed by atoms with Crippen molar-refractivity contribution in [2.75, 3.05) is 62.7 Å². The van der Waals surface area contributed by atoms with Gasteiger partial charge in [-0.25, -0.2) is 9.18 Å². The number of ether oxygens (including phenoxy) is 1. The normalized spacial score (nSPS) is 17.0. The average molecular weight is 412 g/mol. The Kier molecular flexibility index (Phi) is 6.13. The summed E-state index contributed by atoms with van der Waals surface area (Å²) in [6.07, 6.45) is 0. The summed E-state index contributed by atoms with van der Waals surface area (Å²) in [5.41, 5.74) is 2.21. The number of amides is 3. The topological polar surface area (TPSA) is 65.1 Å². The highest BCUT2D eigenvalue weighted by Crippen LogP contribution is 2.19. The van der Waals surface area contributed by atoms with Crippen molar-refractivity contribution in [3.8, 4) is 0 Å². The van der Waals surface area contributed by atoms with E-state index in [9.17, 15) is 14.0 Å². The van der Waals surface area contributed by atoms with Crippen LogP contribution in [0.25, 0.3) is 0 Å². The number of piperazine rings is 1. The summed E-state index contributed by atoms with van der Waals surface area (Å²) < 4.78 is 18.4. The number of carbonyl (C=O) groups is 2. The fraction of sp³-hybridized carbons (Fsp3) is 0.364. The first-order valence-electron chi connectivity index (χ1n) is 10.1. The van der Waals surface area contributed by atoms with E-state index in [2.05, 4.69) is 10.2 Å². The quantitative estimate of drug-likeness (QED) is 0.842. The molecule has 2 aromatic rings. The molecule has 0 radical (unpaired) electrons. The second-order valence-corrected chi connectivity index (χ2v) is 7.36. The molecule has 2 aliphatic rings. The Hall–Kier alpha value is -3.13. The monoisotopic (exact) mass is 412 g/mol. The van der Waals surface area contributed by atoms with Crippen LogP contribution in [0.5, 0.6) is 0 Å². The van der Waals surface area contributed by atoms with Gasteiger partial charge >= 0.3 is 6.03 Å². The fourth-order valence-electron chi connectivity index (χ4n) is 3.67. The molecule has 1 N–H and O–H groups in total. The molecule has 2 saturated heterocycles. The van der Waals surface area contributed by atoms with Crippen LogP contribution in [0.15, 0.2) is 48.5 Å². The first kappa shape index (κ1) is 20.2. The van der Waals surface area contributed by atoms with Crippen molar-refractivity contribution < 1.29 is 18.7 Å². The lowest BCUT2D eigenvalue weighted by Gasteiger charge is -2.36. The number of benzene rings is 2. The van der Waals surface area contributed by atoms with Crippen LogP contribution in [0.1, 0.15) is 10.4 Å². The van der Waals surface area contributed by atoms with Gasteiger partial charge in [0.05, 0.1) is 13.2 Å². The van der Waals surface area contributed by atoms with E-state index in [-0.39, 0.29) is 17.8 Å². The van der Waals surface area contributed by atoms with E-state index >= 15 is 0 Å². The highest BCUT2D eigenvalue weighted by Gasteiger charge is 2.22. The minimum absolute atomic E-state index is 0.0280. The Morgan fingerprint density at radius 3 is 2.07 bits per heavy atom. The highest BCUT2D eigenvalue weighted by molar-refractivity contribution is 5.95. The van der Waals surface area contributed by atoms with Crippen LogP contribution >= 0.6 is 0 Å². The number of urea groups is 1. The Morgan fingerprint density at radius 2 is 1.43 bits per heavy atom. The number of hydrogen-bond donors (Lipinski definition) is 1. The zero-order chi connectivity index (χ0) is 20.9. The third-order valence-corrected chi connectivity index (χ3v) is 5.44. The minimum Gasteiger partial charge on any atom is -0.378 e. The summed E-state index contributed by atoms with van der Waals surface area (Å²) in [5.74, 6) is -0.281. The van der Waals surface area contributed by atoms with E-state index in [1.165, 1.54) is 12.1 Å². The number of carbonyl (C=O) groups excluding carboxylic acids is 2. The van der Waals surface area contributed by atoms with Crippen molar-refractivity contribution in [2.24, 2.45) is 0 Å². The molecule has 2 aliphatic heterocycles. The maximum Gasteiger partial charge on any atom is 0.321 e. The Bertz CT molecular complexity index is 874. The van der Waals surface area contributed by atoms with E-state index in [1.807, 2.05) is 4.90 Å². The number of nitrogens with one attached hydrogen (secondary N) is 1. The van der Waals surface area contributed by atoms with Crippen LogP contribution in [0.4, 0.5) is 20.6 Å². The third kappa shape index (κ3) is 4.71. The number of morpholine rings is 1. The lowest BCUT2D eigenvalue weighted by atomic mass is 10.1. The van der Waals surface area contributed by atoms with Crippen LogP contribution in [-0.4, -0.2) is 74.2 Å². The third-order valence-electron chi connectivity index (χ3n) is 5.44. The van der Waals surface area contributed by atoms with Crippen molar-refractivity contribution >= 4 is 23.3 Å². The Balaban J connectivity index is 1.30. The van der Waals surface area contributed by atoms with Gasteiger partial charge in [0.2, 0.25) is 0 Å². The molecule has 4 rings (SSSR count). The lowest BCUT2D eigenvalue weighted by Crippen LogP contribution is -2.48. The predicted octanol–water partition coefficient (Wildman–Crippen LogP) is 2.65. The zero-order valence-electron chi connectivity index (χ0n) is 16.7. The van der Waals surface area contributed by atoms with E-state index in [0.717, 1.165) is 5.69 Å². The van der Waals surface area contributed by atoms with Crippen LogP contribution < -0.4 is 10.2 Å². The van der Waals surface area contributed by atoms with Gasteiger partial charge in [-0.05, 0) is 48.5 Å². The largest absolute Gasteiger partial charge is 0.378 e. The van der Waals surface area contributed by atoms with E-state index in [4.69, 9.17) is 4.74 Å². The maximum atomic E-state index is 13.1. The van der Waals surface area contributed by atoms with Crippen LogP contribution in [0, 0.1) is 5.82 Å². The molecule has 0 unspecified atom stereocenters. The highest BCUT2D eigenvalue weighted by atomic mass is 19.1. The minimum atomic E-state index is -0.253. The van der Waals surface area contributed by atoms with Crippen molar-refractivity contribution in [3.05, 3.63) is 59.9 Å². The number of nitrogens with zero attached hydrogens (tertiary/aromatic N) is 3. The summed E-state index contributed by atoms with van der Waals surface area (Å²) in [7, 11) is 0. The van der Waals surface area contributed by atoms with Gasteiger partial charge < -0.3 is 24.8 Å². The summed E-state index contributed by atoms with van der Waals surface area (Å²) in [4.78, 5) is 30.8. The molecule has 0 bridgehead atoms. The van der Waals surface area contributed by atoms with Gasteiger partial charge in [0.1, 0.15) is 5.82 Å². The SMILES string of the molecule is O=C(Nc1ccc(C(=O)N2CCN(c3ccc(F)cc3)CC2)cc1)N1CCOCC1. The maximum absolute atomic E-state index is 13.1. The van der Waals surface area contributed by atoms with Gasteiger partial charge in [0, 0.05) is 56.2 Å². The second-order valence-electron chi connectivity index (χ2n) is 7.36. The van der Waals surface area contributed by atoms with Gasteiger partial charge in [0.25, 0.3) is 5.91 Å². The predicted molar refractivity (Wildman–Crippen MR) is 112 cm³/mol.